The molecule has 3 aromatic rings. The highest BCUT2D eigenvalue weighted by molar-refractivity contribution is 5.83. The maximum absolute atomic E-state index is 12.8. The first-order valence-electron chi connectivity index (χ1n) is 10.6. The number of likely N-dealkylation sites (tertiary alicyclic amines) is 1. The van der Waals surface area contributed by atoms with E-state index >= 15 is 0 Å². The van der Waals surface area contributed by atoms with Crippen molar-refractivity contribution >= 4 is 16.8 Å². The fourth-order valence-corrected chi connectivity index (χ4v) is 4.42. The molecule has 1 atom stereocenters. The number of piperidine rings is 1. The molecule has 0 saturated carbocycles. The van der Waals surface area contributed by atoms with E-state index in [2.05, 4.69) is 90.4 Å². The normalized spacial score (nSPS) is 16.8. The molecule has 0 radical (unpaired) electrons. The average molecular weight is 390 g/mol. The summed E-state index contributed by atoms with van der Waals surface area (Å²) in [5.74, 6) is 0.314. The van der Waals surface area contributed by atoms with E-state index in [1.165, 1.54) is 22.0 Å². The molecule has 4 nitrogen and oxygen atoms in total. The molecule has 2 aromatic carbocycles. The minimum atomic E-state index is 0.0526. The first-order valence-corrected chi connectivity index (χ1v) is 10.6. The van der Waals surface area contributed by atoms with Crippen molar-refractivity contribution in [2.24, 2.45) is 13.0 Å². The summed E-state index contributed by atoms with van der Waals surface area (Å²) in [6, 6.07) is 17.0. The van der Waals surface area contributed by atoms with Crippen LogP contribution in [0, 0.1) is 12.8 Å². The Bertz CT molecular complexity index is 981. The Morgan fingerprint density at radius 2 is 1.79 bits per heavy atom. The molecule has 1 N–H and O–H groups in total. The van der Waals surface area contributed by atoms with Gasteiger partial charge in [-0.2, -0.15) is 0 Å². The molecule has 1 aromatic heterocycles. The van der Waals surface area contributed by atoms with Gasteiger partial charge in [0.15, 0.2) is 0 Å². The van der Waals surface area contributed by atoms with Crippen molar-refractivity contribution in [3.8, 4) is 0 Å². The van der Waals surface area contributed by atoms with Crippen molar-refractivity contribution in [3.05, 3.63) is 71.4 Å². The first kappa shape index (κ1) is 19.7. The number of nitrogens with one attached hydrogen (secondary N) is 1. The Hall–Kier alpha value is -2.59. The van der Waals surface area contributed by atoms with Crippen molar-refractivity contribution < 1.29 is 4.79 Å². The zero-order valence-electron chi connectivity index (χ0n) is 17.7. The topological polar surface area (TPSA) is 37.3 Å². The monoisotopic (exact) mass is 389 g/mol. The highest BCUT2D eigenvalue weighted by Crippen LogP contribution is 2.25. The molecule has 29 heavy (non-hydrogen) atoms. The standard InChI is InChI=1S/C25H31N3O/c1-18-8-10-20(11-9-18)19(2)26-25(29)21-12-14-28(15-13-21)17-22-16-27(3)24-7-5-4-6-23(22)24/h4-11,16,19,21H,12-15,17H2,1-3H3,(H,26,29)/t19-/m0/s1. The van der Waals surface area contributed by atoms with E-state index < -0.39 is 0 Å². The zero-order chi connectivity index (χ0) is 20.4. The van der Waals surface area contributed by atoms with Crippen LogP contribution in [0.4, 0.5) is 0 Å². The van der Waals surface area contributed by atoms with Crippen LogP contribution in [-0.4, -0.2) is 28.5 Å². The SMILES string of the molecule is Cc1ccc([C@H](C)NC(=O)C2CCN(Cc3cn(C)c4ccccc34)CC2)cc1. The van der Waals surface area contributed by atoms with Gasteiger partial charge >= 0.3 is 0 Å². The lowest BCUT2D eigenvalue weighted by atomic mass is 9.94. The van der Waals surface area contributed by atoms with Gasteiger partial charge in [0.2, 0.25) is 5.91 Å². The number of aryl methyl sites for hydroxylation is 2. The molecule has 1 amide bonds. The van der Waals surface area contributed by atoms with Gasteiger partial charge < -0.3 is 9.88 Å². The van der Waals surface area contributed by atoms with Crippen molar-refractivity contribution in [2.75, 3.05) is 13.1 Å². The summed E-state index contributed by atoms with van der Waals surface area (Å²) in [5, 5.41) is 4.55. The van der Waals surface area contributed by atoms with Gasteiger partial charge in [-0.1, -0.05) is 48.0 Å². The van der Waals surface area contributed by atoms with E-state index in [4.69, 9.17) is 0 Å². The minimum absolute atomic E-state index is 0.0526. The van der Waals surface area contributed by atoms with Crippen LogP contribution in [-0.2, 0) is 18.4 Å². The smallest absolute Gasteiger partial charge is 0.223 e. The lowest BCUT2D eigenvalue weighted by Crippen LogP contribution is -2.40. The molecule has 0 bridgehead atoms. The second kappa shape index (κ2) is 8.42. The summed E-state index contributed by atoms with van der Waals surface area (Å²) < 4.78 is 2.21. The van der Waals surface area contributed by atoms with Gasteiger partial charge in [-0.05, 0) is 57.0 Å². The zero-order valence-corrected chi connectivity index (χ0v) is 17.7. The molecule has 1 aliphatic heterocycles. The molecular formula is C25H31N3O. The van der Waals surface area contributed by atoms with E-state index in [9.17, 15) is 4.79 Å². The molecular weight excluding hydrogens is 358 g/mol. The molecule has 152 valence electrons. The molecule has 1 fully saturated rings. The third-order valence-corrected chi connectivity index (χ3v) is 6.27. The number of amides is 1. The highest BCUT2D eigenvalue weighted by Gasteiger charge is 2.26. The van der Waals surface area contributed by atoms with Crippen LogP contribution in [0.15, 0.2) is 54.7 Å². The largest absolute Gasteiger partial charge is 0.350 e. The van der Waals surface area contributed by atoms with Crippen LogP contribution >= 0.6 is 0 Å². The van der Waals surface area contributed by atoms with Gasteiger partial charge in [-0.25, -0.2) is 0 Å². The molecule has 4 rings (SSSR count). The fourth-order valence-electron chi connectivity index (χ4n) is 4.42. The molecule has 0 aliphatic carbocycles. The maximum atomic E-state index is 12.8. The third kappa shape index (κ3) is 4.38. The molecule has 1 saturated heterocycles. The van der Waals surface area contributed by atoms with Crippen LogP contribution in [0.5, 0.6) is 0 Å². The Labute approximate surface area is 173 Å². The van der Waals surface area contributed by atoms with E-state index in [0.29, 0.717) is 0 Å². The van der Waals surface area contributed by atoms with Gasteiger partial charge in [0.05, 0.1) is 6.04 Å². The lowest BCUT2D eigenvalue weighted by Gasteiger charge is -2.31. The second-order valence-corrected chi connectivity index (χ2v) is 8.47. The number of aromatic nitrogens is 1. The van der Waals surface area contributed by atoms with Gasteiger partial charge in [-0.15, -0.1) is 0 Å². The summed E-state index contributed by atoms with van der Waals surface area (Å²) in [7, 11) is 2.11. The van der Waals surface area contributed by atoms with Crippen molar-refractivity contribution in [3.63, 3.8) is 0 Å². The highest BCUT2D eigenvalue weighted by atomic mass is 16.1. The van der Waals surface area contributed by atoms with Crippen LogP contribution in [0.1, 0.15) is 42.5 Å². The van der Waals surface area contributed by atoms with Gasteiger partial charge in [-0.3, -0.25) is 9.69 Å². The predicted molar refractivity (Wildman–Crippen MR) is 119 cm³/mol. The summed E-state index contributed by atoms with van der Waals surface area (Å²) >= 11 is 0. The van der Waals surface area contributed by atoms with Crippen LogP contribution in [0.25, 0.3) is 10.9 Å². The van der Waals surface area contributed by atoms with E-state index in [1.807, 2.05) is 0 Å². The van der Waals surface area contributed by atoms with Gasteiger partial charge in [0.1, 0.15) is 0 Å². The van der Waals surface area contributed by atoms with Crippen LogP contribution in [0.3, 0.4) is 0 Å². The van der Waals surface area contributed by atoms with Crippen LogP contribution in [0.2, 0.25) is 0 Å². The van der Waals surface area contributed by atoms with E-state index in [-0.39, 0.29) is 17.9 Å². The molecule has 2 heterocycles. The number of carbonyl (C=O) groups is 1. The Kier molecular flexibility index (Phi) is 5.72. The number of hydrogen-bond acceptors (Lipinski definition) is 2. The molecule has 0 spiro atoms. The first-order chi connectivity index (χ1) is 14.0. The minimum Gasteiger partial charge on any atom is -0.350 e. The lowest BCUT2D eigenvalue weighted by molar-refractivity contribution is -0.127. The number of hydrogen-bond donors (Lipinski definition) is 1. The summed E-state index contributed by atoms with van der Waals surface area (Å²) in [4.78, 5) is 15.2. The van der Waals surface area contributed by atoms with Crippen molar-refractivity contribution in [2.45, 2.75) is 39.3 Å². The Morgan fingerprint density at radius 1 is 1.10 bits per heavy atom. The molecule has 4 heteroatoms. The van der Waals surface area contributed by atoms with E-state index in [1.54, 1.807) is 0 Å². The third-order valence-electron chi connectivity index (χ3n) is 6.27. The number of rotatable bonds is 5. The Morgan fingerprint density at radius 3 is 2.52 bits per heavy atom. The second-order valence-electron chi connectivity index (χ2n) is 8.47. The number of carbonyl (C=O) groups excluding carboxylic acids is 1. The Balaban J connectivity index is 1.32. The van der Waals surface area contributed by atoms with Gasteiger partial charge in [0.25, 0.3) is 0 Å². The van der Waals surface area contributed by atoms with E-state index in [0.717, 1.165) is 38.0 Å². The summed E-state index contributed by atoms with van der Waals surface area (Å²) in [6.45, 7) is 7.05. The van der Waals surface area contributed by atoms with Crippen LogP contribution < -0.4 is 5.32 Å². The quantitative estimate of drug-likeness (QED) is 0.694. The predicted octanol–water partition coefficient (Wildman–Crippen LogP) is 4.58. The number of nitrogens with zero attached hydrogens (tertiary/aromatic N) is 2. The summed E-state index contributed by atoms with van der Waals surface area (Å²) in [5.41, 5.74) is 5.06. The maximum Gasteiger partial charge on any atom is 0.223 e. The molecule has 0 unspecified atom stereocenters. The van der Waals surface area contributed by atoms with Gasteiger partial charge in [0, 0.05) is 36.6 Å². The van der Waals surface area contributed by atoms with Crippen molar-refractivity contribution in [1.29, 1.82) is 0 Å². The summed E-state index contributed by atoms with van der Waals surface area (Å²) in [6.07, 6.45) is 4.10. The number of benzene rings is 2. The van der Waals surface area contributed by atoms with Crippen molar-refractivity contribution in [1.82, 2.24) is 14.8 Å². The number of fused-ring (bicyclic) bond motifs is 1. The average Bonchev–Trinajstić information content (AvgIpc) is 3.04. The molecule has 1 aliphatic rings. The fraction of sp³-hybridized carbons (Fsp3) is 0.400. The number of para-hydroxylation sites is 1.